The van der Waals surface area contributed by atoms with E-state index < -0.39 is 11.9 Å². The lowest BCUT2D eigenvalue weighted by molar-refractivity contribution is -0.140. The molecule has 1 aliphatic rings. The quantitative estimate of drug-likeness (QED) is 0.682. The van der Waals surface area contributed by atoms with Crippen LogP contribution < -0.4 is 5.32 Å². The normalized spacial score (nSPS) is 22.6. The Labute approximate surface area is 97.1 Å². The summed E-state index contributed by atoms with van der Waals surface area (Å²) in [6, 6.07) is -0.216. The average molecular weight is 236 g/mol. The lowest BCUT2D eigenvalue weighted by atomic mass is 10.1. The van der Waals surface area contributed by atoms with Gasteiger partial charge in [-0.3, -0.25) is 9.59 Å². The number of amides is 1. The highest BCUT2D eigenvalue weighted by molar-refractivity contribution is 5.77. The molecule has 0 bridgehead atoms. The van der Waals surface area contributed by atoms with Crippen LogP contribution in [0, 0.1) is 5.92 Å². The Balaban J connectivity index is 1.81. The predicted molar refractivity (Wildman–Crippen MR) is 56.8 cm³/mol. The number of aliphatic carboxylic acids is 1. The molecule has 2 unspecified atom stereocenters. The molecule has 17 heavy (non-hydrogen) atoms. The molecule has 0 radical (unpaired) electrons. The van der Waals surface area contributed by atoms with Crippen molar-refractivity contribution in [1.82, 2.24) is 20.3 Å². The highest BCUT2D eigenvalue weighted by Gasteiger charge is 2.25. The molecule has 7 heteroatoms. The number of carboxylic acids is 1. The van der Waals surface area contributed by atoms with E-state index in [1.807, 2.05) is 0 Å². The SMILES string of the molecule is O=C(Cn1ccnn1)NC1C=CC(C(=O)O)C1. The molecule has 0 saturated heterocycles. The van der Waals surface area contributed by atoms with E-state index in [9.17, 15) is 9.59 Å². The Hall–Kier alpha value is -2.18. The van der Waals surface area contributed by atoms with Gasteiger partial charge < -0.3 is 10.4 Å². The maximum Gasteiger partial charge on any atom is 0.310 e. The smallest absolute Gasteiger partial charge is 0.310 e. The van der Waals surface area contributed by atoms with Crippen molar-refractivity contribution < 1.29 is 14.7 Å². The maximum absolute atomic E-state index is 11.6. The van der Waals surface area contributed by atoms with Crippen molar-refractivity contribution >= 4 is 11.9 Å². The predicted octanol–water partition coefficient (Wildman–Crippen LogP) is -0.576. The standard InChI is InChI=1S/C10H12N4O3/c15-9(6-14-4-3-11-13-14)12-8-2-1-7(5-8)10(16)17/h1-4,7-8H,5-6H2,(H,12,15)(H,16,17). The van der Waals surface area contributed by atoms with Gasteiger partial charge in [0.05, 0.1) is 12.1 Å². The van der Waals surface area contributed by atoms with E-state index in [1.54, 1.807) is 18.3 Å². The van der Waals surface area contributed by atoms with Gasteiger partial charge in [0.1, 0.15) is 6.54 Å². The van der Waals surface area contributed by atoms with Gasteiger partial charge in [0.15, 0.2) is 0 Å². The first-order valence-electron chi connectivity index (χ1n) is 5.20. The van der Waals surface area contributed by atoms with Crippen molar-refractivity contribution in [2.24, 2.45) is 5.92 Å². The summed E-state index contributed by atoms with van der Waals surface area (Å²) in [6.45, 7) is 0.0854. The molecule has 1 aliphatic carbocycles. The van der Waals surface area contributed by atoms with E-state index in [2.05, 4.69) is 15.6 Å². The number of nitrogens with one attached hydrogen (secondary N) is 1. The van der Waals surface area contributed by atoms with Crippen LogP contribution in [0.4, 0.5) is 0 Å². The molecule has 1 aromatic rings. The average Bonchev–Trinajstić information content (AvgIpc) is 2.88. The molecule has 0 saturated carbocycles. The van der Waals surface area contributed by atoms with E-state index in [4.69, 9.17) is 5.11 Å². The van der Waals surface area contributed by atoms with Crippen LogP contribution in [-0.4, -0.2) is 38.0 Å². The summed E-state index contributed by atoms with van der Waals surface area (Å²) < 4.78 is 1.41. The Kier molecular flexibility index (Phi) is 3.17. The molecule has 7 nitrogen and oxygen atoms in total. The van der Waals surface area contributed by atoms with Crippen LogP contribution in [0.25, 0.3) is 0 Å². The van der Waals surface area contributed by atoms with Crippen LogP contribution in [0.2, 0.25) is 0 Å². The number of hydrogen-bond donors (Lipinski definition) is 2. The van der Waals surface area contributed by atoms with Crippen molar-refractivity contribution in [1.29, 1.82) is 0 Å². The van der Waals surface area contributed by atoms with Crippen LogP contribution in [0.3, 0.4) is 0 Å². The van der Waals surface area contributed by atoms with Gasteiger partial charge in [0, 0.05) is 12.2 Å². The molecule has 0 spiro atoms. The van der Waals surface area contributed by atoms with E-state index >= 15 is 0 Å². The largest absolute Gasteiger partial charge is 0.481 e. The third kappa shape index (κ3) is 2.90. The van der Waals surface area contributed by atoms with Gasteiger partial charge in [-0.1, -0.05) is 17.4 Å². The Bertz CT molecular complexity index is 440. The summed E-state index contributed by atoms with van der Waals surface area (Å²) in [4.78, 5) is 22.3. The highest BCUT2D eigenvalue weighted by Crippen LogP contribution is 2.17. The summed E-state index contributed by atoms with van der Waals surface area (Å²) in [5, 5.41) is 18.8. The third-order valence-corrected chi connectivity index (χ3v) is 2.52. The number of carboxylic acid groups (broad SMARTS) is 1. The fourth-order valence-corrected chi connectivity index (χ4v) is 1.71. The summed E-state index contributed by atoms with van der Waals surface area (Å²) in [5.74, 6) is -1.59. The lowest BCUT2D eigenvalue weighted by Gasteiger charge is -2.11. The van der Waals surface area contributed by atoms with Crippen LogP contribution in [0.5, 0.6) is 0 Å². The molecule has 0 fully saturated rings. The molecule has 2 rings (SSSR count). The zero-order valence-corrected chi connectivity index (χ0v) is 8.98. The Morgan fingerprint density at radius 2 is 2.29 bits per heavy atom. The van der Waals surface area contributed by atoms with Gasteiger partial charge in [0.2, 0.25) is 5.91 Å². The molecule has 90 valence electrons. The van der Waals surface area contributed by atoms with Gasteiger partial charge in [-0.05, 0) is 6.42 Å². The zero-order valence-electron chi connectivity index (χ0n) is 8.98. The van der Waals surface area contributed by atoms with Crippen molar-refractivity contribution in [3.05, 3.63) is 24.5 Å². The summed E-state index contributed by atoms with van der Waals surface area (Å²) in [6.07, 6.45) is 6.78. The molecular weight excluding hydrogens is 224 g/mol. The molecule has 1 heterocycles. The minimum absolute atomic E-state index is 0.0854. The van der Waals surface area contributed by atoms with E-state index in [1.165, 1.54) is 10.9 Å². The van der Waals surface area contributed by atoms with E-state index in [0.717, 1.165) is 0 Å². The number of rotatable bonds is 4. The molecule has 1 amide bonds. The molecule has 2 N–H and O–H groups in total. The second kappa shape index (κ2) is 4.77. The molecule has 0 aliphatic heterocycles. The second-order valence-electron chi connectivity index (χ2n) is 3.84. The van der Waals surface area contributed by atoms with Crippen molar-refractivity contribution in [3.63, 3.8) is 0 Å². The van der Waals surface area contributed by atoms with Gasteiger partial charge in [-0.15, -0.1) is 5.10 Å². The highest BCUT2D eigenvalue weighted by atomic mass is 16.4. The van der Waals surface area contributed by atoms with Crippen LogP contribution in [-0.2, 0) is 16.1 Å². The minimum Gasteiger partial charge on any atom is -0.481 e. The fraction of sp³-hybridized carbons (Fsp3) is 0.400. The summed E-state index contributed by atoms with van der Waals surface area (Å²) in [5.41, 5.74) is 0. The summed E-state index contributed by atoms with van der Waals surface area (Å²) in [7, 11) is 0. The molecule has 0 aromatic carbocycles. The van der Waals surface area contributed by atoms with Gasteiger partial charge in [-0.2, -0.15) is 0 Å². The molecular formula is C10H12N4O3. The Morgan fingerprint density at radius 3 is 2.88 bits per heavy atom. The first-order valence-corrected chi connectivity index (χ1v) is 5.20. The number of aromatic nitrogens is 3. The Morgan fingerprint density at radius 1 is 1.47 bits per heavy atom. The monoisotopic (exact) mass is 236 g/mol. The minimum atomic E-state index is -0.866. The maximum atomic E-state index is 11.6. The van der Waals surface area contributed by atoms with Crippen molar-refractivity contribution in [2.45, 2.75) is 19.0 Å². The number of carbonyl (C=O) groups excluding carboxylic acids is 1. The van der Waals surface area contributed by atoms with Gasteiger partial charge >= 0.3 is 5.97 Å². The number of hydrogen-bond acceptors (Lipinski definition) is 4. The molecule has 1 aromatic heterocycles. The lowest BCUT2D eigenvalue weighted by Crippen LogP contribution is -2.35. The van der Waals surface area contributed by atoms with Crippen molar-refractivity contribution in [2.75, 3.05) is 0 Å². The van der Waals surface area contributed by atoms with E-state index in [0.29, 0.717) is 6.42 Å². The number of carbonyl (C=O) groups is 2. The van der Waals surface area contributed by atoms with Gasteiger partial charge in [0.25, 0.3) is 0 Å². The van der Waals surface area contributed by atoms with Crippen LogP contribution >= 0.6 is 0 Å². The van der Waals surface area contributed by atoms with Crippen molar-refractivity contribution in [3.8, 4) is 0 Å². The first-order chi connectivity index (χ1) is 8.15. The van der Waals surface area contributed by atoms with Crippen LogP contribution in [0.15, 0.2) is 24.5 Å². The van der Waals surface area contributed by atoms with E-state index in [-0.39, 0.29) is 18.5 Å². The second-order valence-corrected chi connectivity index (χ2v) is 3.84. The van der Waals surface area contributed by atoms with Gasteiger partial charge in [-0.25, -0.2) is 4.68 Å². The fourth-order valence-electron chi connectivity index (χ4n) is 1.71. The summed E-state index contributed by atoms with van der Waals surface area (Å²) >= 11 is 0. The van der Waals surface area contributed by atoms with Crippen LogP contribution in [0.1, 0.15) is 6.42 Å². The zero-order chi connectivity index (χ0) is 12.3. The topological polar surface area (TPSA) is 97.1 Å². The first kappa shape index (κ1) is 11.3. The molecule has 2 atom stereocenters. The third-order valence-electron chi connectivity index (χ3n) is 2.52. The number of nitrogens with zero attached hydrogens (tertiary/aromatic N) is 3.